The van der Waals surface area contributed by atoms with Crippen LogP contribution in [0.1, 0.15) is 30.9 Å². The summed E-state index contributed by atoms with van der Waals surface area (Å²) in [6, 6.07) is 7.75. The normalized spacial score (nSPS) is 22.9. The molecule has 2 unspecified atom stereocenters. The second kappa shape index (κ2) is 6.53. The van der Waals surface area contributed by atoms with Crippen molar-refractivity contribution in [1.29, 1.82) is 0 Å². The van der Waals surface area contributed by atoms with E-state index in [0.717, 1.165) is 49.5 Å². The highest BCUT2D eigenvalue weighted by Crippen LogP contribution is 2.19. The number of piperidine rings is 1. The van der Waals surface area contributed by atoms with E-state index in [1.165, 1.54) is 0 Å². The lowest BCUT2D eigenvalue weighted by Gasteiger charge is -2.30. The van der Waals surface area contributed by atoms with E-state index in [1.807, 2.05) is 24.3 Å². The van der Waals surface area contributed by atoms with E-state index < -0.39 is 0 Å². The van der Waals surface area contributed by atoms with Crippen molar-refractivity contribution >= 4 is 11.6 Å². The predicted octanol–water partition coefficient (Wildman–Crippen LogP) is 2.19. The lowest BCUT2D eigenvalue weighted by Crippen LogP contribution is -2.39. The fourth-order valence-corrected chi connectivity index (χ4v) is 2.66. The Labute approximate surface area is 114 Å². The number of aliphatic hydroxyl groups excluding tert-OH is 1. The first-order chi connectivity index (χ1) is 8.65. The molecular formula is C14H21ClN2O. The van der Waals surface area contributed by atoms with Gasteiger partial charge in [-0.25, -0.2) is 0 Å². The number of rotatable bonds is 4. The van der Waals surface area contributed by atoms with Crippen LogP contribution >= 0.6 is 11.6 Å². The van der Waals surface area contributed by atoms with Crippen molar-refractivity contribution in [2.24, 2.45) is 5.73 Å². The summed E-state index contributed by atoms with van der Waals surface area (Å²) in [5.74, 6) is 0. The van der Waals surface area contributed by atoms with Crippen molar-refractivity contribution < 1.29 is 5.11 Å². The highest BCUT2D eigenvalue weighted by atomic mass is 35.5. The molecule has 3 nitrogen and oxygen atoms in total. The molecule has 0 bridgehead atoms. The molecule has 1 heterocycles. The number of nitrogens with zero attached hydrogens (tertiary/aromatic N) is 1. The maximum absolute atomic E-state index is 9.61. The van der Waals surface area contributed by atoms with Gasteiger partial charge >= 0.3 is 0 Å². The monoisotopic (exact) mass is 268 g/mol. The molecule has 3 N–H and O–H groups in total. The van der Waals surface area contributed by atoms with E-state index in [1.54, 1.807) is 0 Å². The minimum Gasteiger partial charge on any atom is -0.392 e. The average Bonchev–Trinajstić information content (AvgIpc) is 2.36. The van der Waals surface area contributed by atoms with Crippen LogP contribution in [-0.4, -0.2) is 35.7 Å². The first-order valence-electron chi connectivity index (χ1n) is 6.56. The molecule has 2 atom stereocenters. The molecule has 4 heteroatoms. The highest BCUT2D eigenvalue weighted by Gasteiger charge is 2.18. The molecule has 1 aliphatic heterocycles. The summed E-state index contributed by atoms with van der Waals surface area (Å²) in [5.41, 5.74) is 7.25. The van der Waals surface area contributed by atoms with Crippen LogP contribution in [0.15, 0.2) is 24.3 Å². The molecular weight excluding hydrogens is 248 g/mol. The molecule has 0 radical (unpaired) electrons. The Bertz CT molecular complexity index is 386. The maximum atomic E-state index is 9.61. The zero-order chi connectivity index (χ0) is 13.0. The summed E-state index contributed by atoms with van der Waals surface area (Å²) in [6.07, 6.45) is 2.73. The van der Waals surface area contributed by atoms with Crippen LogP contribution in [0.4, 0.5) is 0 Å². The molecule has 2 rings (SSSR count). The first kappa shape index (κ1) is 13.8. The van der Waals surface area contributed by atoms with Gasteiger partial charge in [-0.05, 0) is 43.5 Å². The van der Waals surface area contributed by atoms with Gasteiger partial charge in [0.05, 0.1) is 6.10 Å². The zero-order valence-electron chi connectivity index (χ0n) is 10.6. The molecule has 0 amide bonds. The van der Waals surface area contributed by atoms with Crippen LogP contribution < -0.4 is 5.73 Å². The van der Waals surface area contributed by atoms with Gasteiger partial charge in [0.1, 0.15) is 0 Å². The Morgan fingerprint density at radius 2 is 2.33 bits per heavy atom. The van der Waals surface area contributed by atoms with Gasteiger partial charge in [-0.3, -0.25) is 0 Å². The van der Waals surface area contributed by atoms with Crippen molar-refractivity contribution in [3.63, 3.8) is 0 Å². The summed E-state index contributed by atoms with van der Waals surface area (Å²) in [5, 5.41) is 10.3. The minimum absolute atomic E-state index is 0.0165. The molecule has 0 aliphatic carbocycles. The van der Waals surface area contributed by atoms with Crippen LogP contribution in [0, 0.1) is 0 Å². The van der Waals surface area contributed by atoms with Crippen molar-refractivity contribution in [1.82, 2.24) is 4.90 Å². The number of benzene rings is 1. The third kappa shape index (κ3) is 3.95. The number of hydrogen-bond donors (Lipinski definition) is 2. The summed E-state index contributed by atoms with van der Waals surface area (Å²) in [6.45, 7) is 2.78. The Morgan fingerprint density at radius 3 is 3.06 bits per heavy atom. The Balaban J connectivity index is 1.82. The number of aliphatic hydroxyl groups is 1. The molecule has 1 saturated heterocycles. The Hall–Kier alpha value is -0.610. The van der Waals surface area contributed by atoms with E-state index in [2.05, 4.69) is 4.90 Å². The van der Waals surface area contributed by atoms with Crippen molar-refractivity contribution in [3.8, 4) is 0 Å². The van der Waals surface area contributed by atoms with Gasteiger partial charge in [0.2, 0.25) is 0 Å². The van der Waals surface area contributed by atoms with Gasteiger partial charge in [-0.2, -0.15) is 0 Å². The van der Waals surface area contributed by atoms with Crippen molar-refractivity contribution in [2.75, 3.05) is 19.6 Å². The second-order valence-corrected chi connectivity index (χ2v) is 5.48. The third-order valence-electron chi connectivity index (χ3n) is 3.51. The Morgan fingerprint density at radius 1 is 1.50 bits per heavy atom. The van der Waals surface area contributed by atoms with Gasteiger partial charge in [-0.1, -0.05) is 23.7 Å². The summed E-state index contributed by atoms with van der Waals surface area (Å²) >= 11 is 5.96. The van der Waals surface area contributed by atoms with Crippen LogP contribution in [-0.2, 0) is 0 Å². The third-order valence-corrected chi connectivity index (χ3v) is 3.75. The molecule has 18 heavy (non-hydrogen) atoms. The number of hydrogen-bond acceptors (Lipinski definition) is 3. The topological polar surface area (TPSA) is 49.5 Å². The molecule has 0 aromatic heterocycles. The predicted molar refractivity (Wildman–Crippen MR) is 74.7 cm³/mol. The first-order valence-corrected chi connectivity index (χ1v) is 6.94. The van der Waals surface area contributed by atoms with Gasteiger partial charge < -0.3 is 15.7 Å². The van der Waals surface area contributed by atoms with Gasteiger partial charge in [0, 0.05) is 24.2 Å². The molecule has 0 spiro atoms. The van der Waals surface area contributed by atoms with Gasteiger partial charge in [-0.15, -0.1) is 0 Å². The lowest BCUT2D eigenvalue weighted by molar-refractivity contribution is 0.0692. The average molecular weight is 269 g/mol. The summed E-state index contributed by atoms with van der Waals surface area (Å²) < 4.78 is 0. The standard InChI is InChI=1S/C14H21ClN2O/c15-12-4-1-3-11(9-12)14(16)6-8-17-7-2-5-13(18)10-17/h1,3-4,9,13-14,18H,2,5-8,10,16H2. The number of nitrogens with two attached hydrogens (primary N) is 1. The lowest BCUT2D eigenvalue weighted by atomic mass is 10.0. The maximum Gasteiger partial charge on any atom is 0.0667 e. The van der Waals surface area contributed by atoms with E-state index >= 15 is 0 Å². The molecule has 1 aromatic rings. The quantitative estimate of drug-likeness (QED) is 0.880. The van der Waals surface area contributed by atoms with Crippen LogP contribution in [0.3, 0.4) is 0 Å². The molecule has 1 fully saturated rings. The van der Waals surface area contributed by atoms with E-state index in [-0.39, 0.29) is 12.1 Å². The second-order valence-electron chi connectivity index (χ2n) is 5.05. The SMILES string of the molecule is NC(CCN1CCCC(O)C1)c1cccc(Cl)c1. The highest BCUT2D eigenvalue weighted by molar-refractivity contribution is 6.30. The van der Waals surface area contributed by atoms with E-state index in [9.17, 15) is 5.11 Å². The molecule has 0 saturated carbocycles. The fourth-order valence-electron chi connectivity index (χ4n) is 2.46. The summed E-state index contributed by atoms with van der Waals surface area (Å²) in [7, 11) is 0. The van der Waals surface area contributed by atoms with Gasteiger partial charge in [0.25, 0.3) is 0 Å². The minimum atomic E-state index is -0.166. The molecule has 1 aromatic carbocycles. The fraction of sp³-hybridized carbons (Fsp3) is 0.571. The zero-order valence-corrected chi connectivity index (χ0v) is 11.3. The largest absolute Gasteiger partial charge is 0.392 e. The van der Waals surface area contributed by atoms with Crippen LogP contribution in [0.25, 0.3) is 0 Å². The van der Waals surface area contributed by atoms with Gasteiger partial charge in [0.15, 0.2) is 0 Å². The Kier molecular flexibility index (Phi) is 5.01. The van der Waals surface area contributed by atoms with Crippen molar-refractivity contribution in [2.45, 2.75) is 31.4 Å². The van der Waals surface area contributed by atoms with E-state index in [4.69, 9.17) is 17.3 Å². The van der Waals surface area contributed by atoms with E-state index in [0.29, 0.717) is 0 Å². The smallest absolute Gasteiger partial charge is 0.0667 e. The van der Waals surface area contributed by atoms with Crippen LogP contribution in [0.5, 0.6) is 0 Å². The number of likely N-dealkylation sites (tertiary alicyclic amines) is 1. The van der Waals surface area contributed by atoms with Crippen molar-refractivity contribution in [3.05, 3.63) is 34.9 Å². The molecule has 100 valence electrons. The van der Waals surface area contributed by atoms with Crippen LogP contribution in [0.2, 0.25) is 5.02 Å². The molecule has 1 aliphatic rings. The number of halogens is 1. The summed E-state index contributed by atoms with van der Waals surface area (Å²) in [4.78, 5) is 2.29. The number of β-amino-alcohol motifs (C(OH)–C–C–N with tert-alkyl or cyclic N) is 1.